The third-order valence-electron chi connectivity index (χ3n) is 5.32. The minimum atomic E-state index is -4.54. The number of fused-ring (bicyclic) bond motifs is 1. The van der Waals surface area contributed by atoms with Crippen molar-refractivity contribution in [3.05, 3.63) is 42.0 Å². The summed E-state index contributed by atoms with van der Waals surface area (Å²) < 4.78 is 44.9. The van der Waals surface area contributed by atoms with Crippen LogP contribution in [0.4, 0.5) is 36.3 Å². The molecule has 0 saturated carbocycles. The molecule has 1 aromatic heterocycles. The Bertz CT molecular complexity index is 1200. The fourth-order valence-corrected chi connectivity index (χ4v) is 3.89. The molecule has 4 N–H and O–H groups in total. The first-order valence-corrected chi connectivity index (χ1v) is 10.2. The molecule has 1 unspecified atom stereocenters. The number of amides is 1. The molecule has 0 spiro atoms. The number of benzene rings is 2. The molecule has 174 valence electrons. The van der Waals surface area contributed by atoms with Gasteiger partial charge >= 0.3 is 6.18 Å². The SMILES string of the molecule is COc1ccc2nc(Nc3cc(N)cc(C(F)(F)F)c3)nc(N3CCC(NC(C)=O)C3)c2c1. The fraction of sp³-hybridized carbons (Fsp3) is 0.318. The van der Waals surface area contributed by atoms with Crippen LogP contribution in [0.1, 0.15) is 18.9 Å². The number of aromatic nitrogens is 2. The first kappa shape index (κ1) is 22.4. The molecule has 0 radical (unpaired) electrons. The molecule has 2 aromatic carbocycles. The van der Waals surface area contributed by atoms with Crippen LogP contribution in [-0.4, -0.2) is 42.1 Å². The summed E-state index contributed by atoms with van der Waals surface area (Å²) in [6.07, 6.45) is -3.80. The van der Waals surface area contributed by atoms with Crippen molar-refractivity contribution < 1.29 is 22.7 Å². The zero-order chi connectivity index (χ0) is 23.8. The van der Waals surface area contributed by atoms with Crippen LogP contribution in [0.3, 0.4) is 0 Å². The molecule has 1 amide bonds. The third kappa shape index (κ3) is 5.02. The van der Waals surface area contributed by atoms with Gasteiger partial charge in [-0.1, -0.05) is 0 Å². The smallest absolute Gasteiger partial charge is 0.416 e. The number of carbonyl (C=O) groups excluding carboxylic acids is 1. The summed E-state index contributed by atoms with van der Waals surface area (Å²) in [6, 6.07) is 8.50. The molecule has 1 atom stereocenters. The topological polar surface area (TPSA) is 105 Å². The Hall–Kier alpha value is -3.76. The van der Waals surface area contributed by atoms with Crippen LogP contribution in [0.25, 0.3) is 10.9 Å². The zero-order valence-electron chi connectivity index (χ0n) is 18.0. The van der Waals surface area contributed by atoms with Crippen LogP contribution in [0.2, 0.25) is 0 Å². The minimum Gasteiger partial charge on any atom is -0.497 e. The maximum absolute atomic E-state index is 13.2. The van der Waals surface area contributed by atoms with E-state index in [1.165, 1.54) is 13.0 Å². The van der Waals surface area contributed by atoms with Gasteiger partial charge in [0.25, 0.3) is 0 Å². The number of ether oxygens (including phenoxy) is 1. The lowest BCUT2D eigenvalue weighted by Crippen LogP contribution is -2.35. The maximum Gasteiger partial charge on any atom is 0.416 e. The molecule has 1 aliphatic heterocycles. The van der Waals surface area contributed by atoms with E-state index in [-0.39, 0.29) is 29.3 Å². The number of hydrogen-bond donors (Lipinski definition) is 3. The lowest BCUT2D eigenvalue weighted by Gasteiger charge is -2.21. The van der Waals surface area contributed by atoms with Crippen LogP contribution >= 0.6 is 0 Å². The lowest BCUT2D eigenvalue weighted by atomic mass is 10.1. The molecule has 0 aliphatic carbocycles. The number of halogens is 3. The number of nitrogens with zero attached hydrogens (tertiary/aromatic N) is 3. The highest BCUT2D eigenvalue weighted by molar-refractivity contribution is 5.92. The summed E-state index contributed by atoms with van der Waals surface area (Å²) in [5.41, 5.74) is 5.49. The average Bonchev–Trinajstić information content (AvgIpc) is 3.19. The molecule has 11 heteroatoms. The van der Waals surface area contributed by atoms with E-state index in [9.17, 15) is 18.0 Å². The number of rotatable bonds is 5. The van der Waals surface area contributed by atoms with Crippen molar-refractivity contribution in [3.8, 4) is 5.75 Å². The number of nitrogens with two attached hydrogens (primary N) is 1. The predicted octanol–water partition coefficient (Wildman–Crippen LogP) is 3.70. The van der Waals surface area contributed by atoms with Gasteiger partial charge in [0.15, 0.2) is 0 Å². The Morgan fingerprint density at radius 1 is 1.21 bits per heavy atom. The number of methoxy groups -OCH3 is 1. The van der Waals surface area contributed by atoms with Gasteiger partial charge in [-0.25, -0.2) is 4.98 Å². The lowest BCUT2D eigenvalue weighted by molar-refractivity contribution is -0.137. The number of hydrogen-bond acceptors (Lipinski definition) is 7. The Balaban J connectivity index is 1.73. The van der Waals surface area contributed by atoms with Crippen LogP contribution < -0.4 is 26.0 Å². The Kier molecular flexibility index (Phi) is 5.88. The van der Waals surface area contributed by atoms with Crippen molar-refractivity contribution >= 4 is 40.0 Å². The molecular formula is C22H23F3N6O2. The van der Waals surface area contributed by atoms with Gasteiger partial charge in [-0.2, -0.15) is 18.2 Å². The standard InChI is InChI=1S/C22H23F3N6O2/c1-12(32)27-15-5-6-31(11-15)20-18-10-17(33-2)3-4-19(18)29-21(30-20)28-16-8-13(22(23,24)25)7-14(26)9-16/h3-4,7-10,15H,5-6,11,26H2,1-2H3,(H,27,32)(H,28,29,30). The van der Waals surface area contributed by atoms with Crippen LogP contribution in [0, 0.1) is 0 Å². The monoisotopic (exact) mass is 460 g/mol. The van der Waals surface area contributed by atoms with E-state index in [1.807, 2.05) is 11.0 Å². The van der Waals surface area contributed by atoms with Gasteiger partial charge in [0.2, 0.25) is 11.9 Å². The zero-order valence-corrected chi connectivity index (χ0v) is 18.0. The second-order valence-corrected chi connectivity index (χ2v) is 7.85. The number of nitrogens with one attached hydrogen (secondary N) is 2. The van der Waals surface area contributed by atoms with Gasteiger partial charge in [-0.3, -0.25) is 4.79 Å². The Morgan fingerprint density at radius 3 is 2.70 bits per heavy atom. The molecular weight excluding hydrogens is 437 g/mol. The van der Waals surface area contributed by atoms with Gasteiger partial charge in [-0.05, 0) is 42.8 Å². The average molecular weight is 460 g/mol. The van der Waals surface area contributed by atoms with E-state index >= 15 is 0 Å². The van der Waals surface area contributed by atoms with E-state index in [4.69, 9.17) is 10.5 Å². The first-order chi connectivity index (χ1) is 15.6. The van der Waals surface area contributed by atoms with E-state index in [1.54, 1.807) is 19.2 Å². The molecule has 8 nitrogen and oxygen atoms in total. The minimum absolute atomic E-state index is 0.0298. The largest absolute Gasteiger partial charge is 0.497 e. The van der Waals surface area contributed by atoms with Crippen molar-refractivity contribution in [1.82, 2.24) is 15.3 Å². The van der Waals surface area contributed by atoms with Gasteiger partial charge in [0.1, 0.15) is 11.6 Å². The van der Waals surface area contributed by atoms with E-state index in [0.717, 1.165) is 23.9 Å². The second kappa shape index (κ2) is 8.64. The normalized spacial score (nSPS) is 16.2. The summed E-state index contributed by atoms with van der Waals surface area (Å²) in [5, 5.41) is 6.49. The van der Waals surface area contributed by atoms with Crippen molar-refractivity contribution in [2.75, 3.05) is 36.1 Å². The highest BCUT2D eigenvalue weighted by Crippen LogP contribution is 2.35. The Labute approximate surface area is 187 Å². The van der Waals surface area contributed by atoms with Crippen molar-refractivity contribution in [3.63, 3.8) is 0 Å². The summed E-state index contributed by atoms with van der Waals surface area (Å²) in [7, 11) is 1.55. The number of anilines is 4. The third-order valence-corrected chi connectivity index (χ3v) is 5.32. The summed E-state index contributed by atoms with van der Waals surface area (Å²) >= 11 is 0. The molecule has 1 aliphatic rings. The predicted molar refractivity (Wildman–Crippen MR) is 120 cm³/mol. The number of alkyl halides is 3. The van der Waals surface area contributed by atoms with E-state index in [2.05, 4.69) is 20.6 Å². The maximum atomic E-state index is 13.2. The molecule has 1 fully saturated rings. The fourth-order valence-electron chi connectivity index (χ4n) is 3.89. The van der Waals surface area contributed by atoms with Crippen LogP contribution in [0.15, 0.2) is 36.4 Å². The van der Waals surface area contributed by atoms with E-state index < -0.39 is 11.7 Å². The van der Waals surface area contributed by atoms with Gasteiger partial charge in [0.05, 0.1) is 18.2 Å². The summed E-state index contributed by atoms with van der Waals surface area (Å²) in [4.78, 5) is 22.5. The van der Waals surface area contributed by atoms with E-state index in [0.29, 0.717) is 30.2 Å². The van der Waals surface area contributed by atoms with Crippen molar-refractivity contribution in [2.45, 2.75) is 25.6 Å². The summed E-state index contributed by atoms with van der Waals surface area (Å²) in [6.45, 7) is 2.65. The molecule has 33 heavy (non-hydrogen) atoms. The van der Waals surface area contributed by atoms with Crippen LogP contribution in [-0.2, 0) is 11.0 Å². The molecule has 4 rings (SSSR count). The second-order valence-electron chi connectivity index (χ2n) is 7.85. The first-order valence-electron chi connectivity index (χ1n) is 10.2. The van der Waals surface area contributed by atoms with Crippen molar-refractivity contribution in [1.29, 1.82) is 0 Å². The molecule has 2 heterocycles. The quantitative estimate of drug-likeness (QED) is 0.499. The van der Waals surface area contributed by atoms with Gasteiger partial charge in [-0.15, -0.1) is 0 Å². The highest BCUT2D eigenvalue weighted by Gasteiger charge is 2.31. The van der Waals surface area contributed by atoms with Gasteiger partial charge in [0, 0.05) is 42.8 Å². The number of carbonyl (C=O) groups is 1. The highest BCUT2D eigenvalue weighted by atomic mass is 19.4. The molecule has 0 bridgehead atoms. The van der Waals surface area contributed by atoms with Crippen LogP contribution in [0.5, 0.6) is 5.75 Å². The molecule has 1 saturated heterocycles. The summed E-state index contributed by atoms with van der Waals surface area (Å²) in [5.74, 6) is 1.23. The number of nitrogen functional groups attached to an aromatic ring is 1. The Morgan fingerprint density at radius 2 is 2.00 bits per heavy atom. The molecule has 3 aromatic rings. The van der Waals surface area contributed by atoms with Gasteiger partial charge < -0.3 is 26.0 Å². The van der Waals surface area contributed by atoms with Crippen molar-refractivity contribution in [2.24, 2.45) is 0 Å².